The van der Waals surface area contributed by atoms with Crippen molar-refractivity contribution in [3.05, 3.63) is 29.8 Å². The summed E-state index contributed by atoms with van der Waals surface area (Å²) in [6, 6.07) is 7.63. The summed E-state index contributed by atoms with van der Waals surface area (Å²) in [4.78, 5) is 12.7. The second kappa shape index (κ2) is 5.55. The van der Waals surface area contributed by atoms with Crippen molar-refractivity contribution >= 4 is 5.78 Å². The summed E-state index contributed by atoms with van der Waals surface area (Å²) >= 11 is 0. The predicted octanol–water partition coefficient (Wildman–Crippen LogP) is 4.24. The number of carbonyl (C=O) groups excluding carboxylic acids is 1. The van der Waals surface area contributed by atoms with E-state index in [2.05, 4.69) is 6.92 Å². The highest BCUT2D eigenvalue weighted by Crippen LogP contribution is 2.40. The molecular weight excluding hydrogens is 224 g/mol. The van der Waals surface area contributed by atoms with Crippen molar-refractivity contribution in [2.24, 2.45) is 5.41 Å². The normalized spacial score (nSPS) is 18.3. The third-order valence-corrected chi connectivity index (χ3v) is 3.94. The van der Waals surface area contributed by atoms with E-state index in [0.717, 1.165) is 24.2 Å². The third kappa shape index (κ3) is 2.58. The summed E-state index contributed by atoms with van der Waals surface area (Å²) in [6.45, 7) is 4.65. The first-order valence-corrected chi connectivity index (χ1v) is 6.94. The number of benzene rings is 1. The van der Waals surface area contributed by atoms with Gasteiger partial charge in [0.2, 0.25) is 0 Å². The topological polar surface area (TPSA) is 26.3 Å². The standard InChI is InChI=1S/C16H22O2/c1-3-18-14-10-6-5-9-13(14)15(17)16(2)11-7-4-8-12-16/h5-6,9-10H,3-4,7-8,11-12H2,1-2H3. The second-order valence-corrected chi connectivity index (χ2v) is 5.38. The fraction of sp³-hybridized carbons (Fsp3) is 0.562. The summed E-state index contributed by atoms with van der Waals surface area (Å²) < 4.78 is 5.57. The minimum absolute atomic E-state index is 0.189. The van der Waals surface area contributed by atoms with Crippen LogP contribution in [0.1, 0.15) is 56.3 Å². The molecule has 2 heteroatoms. The number of Topliss-reactive ketones (excluding diaryl/α,β-unsaturated/α-hetero) is 1. The summed E-state index contributed by atoms with van der Waals surface area (Å²) in [5, 5.41) is 0. The maximum Gasteiger partial charge on any atom is 0.172 e. The van der Waals surface area contributed by atoms with Crippen LogP contribution in [0.2, 0.25) is 0 Å². The molecule has 0 N–H and O–H groups in total. The minimum atomic E-state index is -0.189. The highest BCUT2D eigenvalue weighted by molar-refractivity contribution is 6.02. The Bertz CT molecular complexity index is 417. The zero-order chi connectivity index (χ0) is 13.0. The maximum absolute atomic E-state index is 12.7. The Hall–Kier alpha value is -1.31. The fourth-order valence-electron chi connectivity index (χ4n) is 2.82. The van der Waals surface area contributed by atoms with Crippen LogP contribution >= 0.6 is 0 Å². The van der Waals surface area contributed by atoms with Crippen LogP contribution < -0.4 is 4.74 Å². The van der Waals surface area contributed by atoms with E-state index in [4.69, 9.17) is 4.74 Å². The molecule has 1 aromatic rings. The number of para-hydroxylation sites is 1. The van der Waals surface area contributed by atoms with Gasteiger partial charge in [-0.25, -0.2) is 0 Å². The Morgan fingerprint density at radius 2 is 1.89 bits per heavy atom. The van der Waals surface area contributed by atoms with Gasteiger partial charge in [0.05, 0.1) is 12.2 Å². The molecule has 0 aliphatic heterocycles. The molecule has 1 aliphatic carbocycles. The molecule has 1 fully saturated rings. The third-order valence-electron chi connectivity index (χ3n) is 3.94. The van der Waals surface area contributed by atoms with Gasteiger partial charge in [-0.05, 0) is 31.9 Å². The lowest BCUT2D eigenvalue weighted by atomic mass is 9.71. The van der Waals surface area contributed by atoms with Crippen molar-refractivity contribution in [3.8, 4) is 5.75 Å². The van der Waals surface area contributed by atoms with Gasteiger partial charge < -0.3 is 4.74 Å². The number of ketones is 1. The Labute approximate surface area is 109 Å². The van der Waals surface area contributed by atoms with E-state index in [1.165, 1.54) is 19.3 Å². The van der Waals surface area contributed by atoms with Gasteiger partial charge in [0.25, 0.3) is 0 Å². The predicted molar refractivity (Wildman–Crippen MR) is 73.1 cm³/mol. The molecule has 0 unspecified atom stereocenters. The van der Waals surface area contributed by atoms with E-state index in [1.807, 2.05) is 31.2 Å². The van der Waals surface area contributed by atoms with E-state index in [0.29, 0.717) is 6.61 Å². The lowest BCUT2D eigenvalue weighted by Crippen LogP contribution is -2.30. The van der Waals surface area contributed by atoms with Crippen molar-refractivity contribution < 1.29 is 9.53 Å². The zero-order valence-electron chi connectivity index (χ0n) is 11.4. The van der Waals surface area contributed by atoms with Crippen molar-refractivity contribution in [2.75, 3.05) is 6.61 Å². The summed E-state index contributed by atoms with van der Waals surface area (Å²) in [5.41, 5.74) is 0.564. The SMILES string of the molecule is CCOc1ccccc1C(=O)C1(C)CCCCC1. The number of hydrogen-bond donors (Lipinski definition) is 0. The molecule has 98 valence electrons. The van der Waals surface area contributed by atoms with Crippen molar-refractivity contribution in [2.45, 2.75) is 46.0 Å². The van der Waals surface area contributed by atoms with Crippen LogP contribution in [0.4, 0.5) is 0 Å². The summed E-state index contributed by atoms with van der Waals surface area (Å²) in [7, 11) is 0. The summed E-state index contributed by atoms with van der Waals surface area (Å²) in [5.74, 6) is 0.989. The molecule has 0 radical (unpaired) electrons. The first kappa shape index (κ1) is 13.1. The second-order valence-electron chi connectivity index (χ2n) is 5.38. The maximum atomic E-state index is 12.7. The molecule has 0 heterocycles. The number of hydrogen-bond acceptors (Lipinski definition) is 2. The van der Waals surface area contributed by atoms with E-state index in [9.17, 15) is 4.79 Å². The number of rotatable bonds is 4. The van der Waals surface area contributed by atoms with Gasteiger partial charge in [-0.3, -0.25) is 4.79 Å². The van der Waals surface area contributed by atoms with Crippen LogP contribution in [0.15, 0.2) is 24.3 Å². The molecule has 0 aromatic heterocycles. The Morgan fingerprint density at radius 3 is 2.56 bits per heavy atom. The highest BCUT2D eigenvalue weighted by atomic mass is 16.5. The molecule has 0 saturated heterocycles. The van der Waals surface area contributed by atoms with E-state index < -0.39 is 0 Å². The van der Waals surface area contributed by atoms with Crippen molar-refractivity contribution in [1.29, 1.82) is 0 Å². The molecule has 0 bridgehead atoms. The average molecular weight is 246 g/mol. The van der Waals surface area contributed by atoms with Gasteiger partial charge in [0.15, 0.2) is 5.78 Å². The monoisotopic (exact) mass is 246 g/mol. The van der Waals surface area contributed by atoms with Gasteiger partial charge in [0.1, 0.15) is 5.75 Å². The van der Waals surface area contributed by atoms with E-state index >= 15 is 0 Å². The molecule has 0 amide bonds. The first-order chi connectivity index (χ1) is 8.67. The van der Waals surface area contributed by atoms with E-state index in [1.54, 1.807) is 0 Å². The first-order valence-electron chi connectivity index (χ1n) is 6.94. The van der Waals surface area contributed by atoms with E-state index in [-0.39, 0.29) is 11.2 Å². The largest absolute Gasteiger partial charge is 0.493 e. The lowest BCUT2D eigenvalue weighted by Gasteiger charge is -2.32. The molecule has 18 heavy (non-hydrogen) atoms. The highest BCUT2D eigenvalue weighted by Gasteiger charge is 2.36. The molecule has 2 rings (SSSR count). The Morgan fingerprint density at radius 1 is 1.22 bits per heavy atom. The number of ether oxygens (including phenoxy) is 1. The quantitative estimate of drug-likeness (QED) is 0.743. The van der Waals surface area contributed by atoms with Gasteiger partial charge in [-0.1, -0.05) is 38.3 Å². The van der Waals surface area contributed by atoms with Gasteiger partial charge in [-0.15, -0.1) is 0 Å². The van der Waals surface area contributed by atoms with Crippen LogP contribution in [0.3, 0.4) is 0 Å². The molecule has 2 nitrogen and oxygen atoms in total. The van der Waals surface area contributed by atoms with Gasteiger partial charge >= 0.3 is 0 Å². The molecule has 1 saturated carbocycles. The van der Waals surface area contributed by atoms with Crippen molar-refractivity contribution in [3.63, 3.8) is 0 Å². The Kier molecular flexibility index (Phi) is 4.05. The number of carbonyl (C=O) groups is 1. The molecular formula is C16H22O2. The fourth-order valence-corrected chi connectivity index (χ4v) is 2.82. The molecule has 1 aliphatic rings. The minimum Gasteiger partial charge on any atom is -0.493 e. The van der Waals surface area contributed by atoms with Crippen LogP contribution in [0, 0.1) is 5.41 Å². The van der Waals surface area contributed by atoms with Crippen LogP contribution in [0.25, 0.3) is 0 Å². The molecule has 1 aromatic carbocycles. The lowest BCUT2D eigenvalue weighted by molar-refractivity contribution is 0.0745. The average Bonchev–Trinajstić information content (AvgIpc) is 2.40. The van der Waals surface area contributed by atoms with Crippen molar-refractivity contribution in [1.82, 2.24) is 0 Å². The smallest absolute Gasteiger partial charge is 0.172 e. The van der Waals surface area contributed by atoms with Crippen LogP contribution in [0.5, 0.6) is 5.75 Å². The van der Waals surface area contributed by atoms with Gasteiger partial charge in [-0.2, -0.15) is 0 Å². The van der Waals surface area contributed by atoms with Crippen LogP contribution in [-0.4, -0.2) is 12.4 Å². The van der Waals surface area contributed by atoms with Gasteiger partial charge in [0, 0.05) is 5.41 Å². The molecule has 0 atom stereocenters. The zero-order valence-corrected chi connectivity index (χ0v) is 11.4. The summed E-state index contributed by atoms with van der Waals surface area (Å²) in [6.07, 6.45) is 5.60. The molecule has 0 spiro atoms. The Balaban J connectivity index is 2.27. The van der Waals surface area contributed by atoms with Crippen LogP contribution in [-0.2, 0) is 0 Å².